The van der Waals surface area contributed by atoms with Crippen LogP contribution in [-0.2, 0) is 0 Å². The molecular formula is C27H19N7O. The number of nitriles is 1. The van der Waals surface area contributed by atoms with Crippen molar-refractivity contribution in [2.75, 3.05) is 16.0 Å². The van der Waals surface area contributed by atoms with Gasteiger partial charge in [-0.05, 0) is 66.7 Å². The fraction of sp³-hybridized carbons (Fsp3) is 0. The van der Waals surface area contributed by atoms with Crippen molar-refractivity contribution in [3.8, 4) is 6.07 Å². The Morgan fingerprint density at radius 1 is 0.800 bits per heavy atom. The molecular weight excluding hydrogens is 438 g/mol. The molecule has 35 heavy (non-hydrogen) atoms. The standard InChI is InChI=1S/C27H19N7O/c28-16-18-4-6-24-23(14-18)25(10-13-30-24)33-21-3-1-2-19(15-21)27(35)34-26-7-5-22(17-31-26)32-20-8-11-29-12-9-20/h1-15,17H,(H,29,32)(H,30,33)(H,31,34,35). The number of pyridine rings is 3. The third-order valence-corrected chi connectivity index (χ3v) is 5.25. The van der Waals surface area contributed by atoms with Gasteiger partial charge in [-0.25, -0.2) is 4.98 Å². The summed E-state index contributed by atoms with van der Waals surface area (Å²) in [5.41, 5.74) is 5.03. The normalized spacial score (nSPS) is 10.4. The second-order valence-electron chi connectivity index (χ2n) is 7.66. The van der Waals surface area contributed by atoms with Crippen LogP contribution in [-0.4, -0.2) is 20.9 Å². The lowest BCUT2D eigenvalue weighted by Crippen LogP contribution is -2.13. The highest BCUT2D eigenvalue weighted by atomic mass is 16.1. The lowest BCUT2D eigenvalue weighted by molar-refractivity contribution is 0.102. The van der Waals surface area contributed by atoms with Gasteiger partial charge in [-0.2, -0.15) is 5.26 Å². The molecule has 8 heteroatoms. The van der Waals surface area contributed by atoms with Gasteiger partial charge in [0, 0.05) is 46.6 Å². The van der Waals surface area contributed by atoms with Crippen molar-refractivity contribution in [3.05, 3.63) is 109 Å². The van der Waals surface area contributed by atoms with Crippen LogP contribution < -0.4 is 16.0 Å². The largest absolute Gasteiger partial charge is 0.355 e. The highest BCUT2D eigenvalue weighted by Gasteiger charge is 2.09. The van der Waals surface area contributed by atoms with Crippen LogP contribution in [0.5, 0.6) is 0 Å². The second kappa shape index (κ2) is 9.68. The van der Waals surface area contributed by atoms with Gasteiger partial charge in [0.2, 0.25) is 0 Å². The van der Waals surface area contributed by atoms with E-state index < -0.39 is 0 Å². The molecule has 2 aromatic carbocycles. The maximum atomic E-state index is 12.8. The molecule has 0 fully saturated rings. The SMILES string of the molecule is N#Cc1ccc2nccc(Nc3cccc(C(=O)Nc4ccc(Nc5ccncc5)cn4)c3)c2c1. The van der Waals surface area contributed by atoms with Crippen LogP contribution in [0.2, 0.25) is 0 Å². The molecule has 3 aromatic heterocycles. The average Bonchev–Trinajstić information content (AvgIpc) is 2.90. The molecule has 0 aliphatic heterocycles. The summed E-state index contributed by atoms with van der Waals surface area (Å²) < 4.78 is 0. The van der Waals surface area contributed by atoms with Crippen LogP contribution in [0.15, 0.2) is 97.6 Å². The Bertz CT molecular complexity index is 1540. The number of aromatic nitrogens is 3. The Kier molecular flexibility index (Phi) is 5.96. The number of carbonyl (C=O) groups is 1. The first-order valence-corrected chi connectivity index (χ1v) is 10.8. The van der Waals surface area contributed by atoms with Crippen molar-refractivity contribution in [3.63, 3.8) is 0 Å². The summed E-state index contributed by atoms with van der Waals surface area (Å²) in [6, 6.07) is 23.8. The van der Waals surface area contributed by atoms with Crippen LogP contribution in [0.1, 0.15) is 15.9 Å². The Hall–Kier alpha value is -5.29. The van der Waals surface area contributed by atoms with Crippen LogP contribution in [0.4, 0.5) is 28.6 Å². The van der Waals surface area contributed by atoms with Crippen molar-refractivity contribution < 1.29 is 4.79 Å². The van der Waals surface area contributed by atoms with Gasteiger partial charge in [-0.15, -0.1) is 0 Å². The van der Waals surface area contributed by atoms with Gasteiger partial charge in [0.15, 0.2) is 0 Å². The van der Waals surface area contributed by atoms with Gasteiger partial charge in [0.05, 0.1) is 29.0 Å². The van der Waals surface area contributed by atoms with Crippen molar-refractivity contribution in [1.29, 1.82) is 5.26 Å². The van der Waals surface area contributed by atoms with Crippen molar-refractivity contribution in [1.82, 2.24) is 15.0 Å². The molecule has 5 rings (SSSR count). The van der Waals surface area contributed by atoms with Gasteiger partial charge in [0.1, 0.15) is 5.82 Å². The molecule has 0 spiro atoms. The molecule has 0 saturated heterocycles. The van der Waals surface area contributed by atoms with Gasteiger partial charge in [-0.3, -0.25) is 14.8 Å². The van der Waals surface area contributed by atoms with Crippen LogP contribution in [0.25, 0.3) is 10.9 Å². The summed E-state index contributed by atoms with van der Waals surface area (Å²) >= 11 is 0. The van der Waals surface area contributed by atoms with E-state index in [0.717, 1.165) is 33.7 Å². The number of nitrogens with one attached hydrogen (secondary N) is 3. The number of hydrogen-bond donors (Lipinski definition) is 3. The molecule has 168 valence electrons. The van der Waals surface area contributed by atoms with E-state index in [1.54, 1.807) is 61.2 Å². The second-order valence-corrected chi connectivity index (χ2v) is 7.66. The van der Waals surface area contributed by atoms with Gasteiger partial charge < -0.3 is 16.0 Å². The zero-order valence-electron chi connectivity index (χ0n) is 18.4. The first-order valence-electron chi connectivity index (χ1n) is 10.8. The molecule has 0 bridgehead atoms. The lowest BCUT2D eigenvalue weighted by Gasteiger charge is -2.11. The lowest BCUT2D eigenvalue weighted by atomic mass is 10.1. The number of nitrogens with zero attached hydrogens (tertiary/aromatic N) is 4. The van der Waals surface area contributed by atoms with Crippen molar-refractivity contribution >= 4 is 45.4 Å². The predicted molar refractivity (Wildman–Crippen MR) is 136 cm³/mol. The summed E-state index contributed by atoms with van der Waals surface area (Å²) in [7, 11) is 0. The van der Waals surface area contributed by atoms with E-state index in [1.165, 1.54) is 0 Å². The molecule has 0 atom stereocenters. The molecule has 0 radical (unpaired) electrons. The van der Waals surface area contributed by atoms with Gasteiger partial charge in [0.25, 0.3) is 5.91 Å². The number of benzene rings is 2. The topological polar surface area (TPSA) is 116 Å². The molecule has 1 amide bonds. The molecule has 0 unspecified atom stereocenters. The highest BCUT2D eigenvalue weighted by molar-refractivity contribution is 6.04. The maximum Gasteiger partial charge on any atom is 0.256 e. The summed E-state index contributed by atoms with van der Waals surface area (Å²) in [4.78, 5) is 25.5. The number of hydrogen-bond acceptors (Lipinski definition) is 7. The van der Waals surface area contributed by atoms with E-state index in [9.17, 15) is 10.1 Å². The zero-order valence-corrected chi connectivity index (χ0v) is 18.4. The molecule has 0 aliphatic rings. The Balaban J connectivity index is 1.30. The van der Waals surface area contributed by atoms with E-state index in [2.05, 4.69) is 37.0 Å². The molecule has 3 heterocycles. The van der Waals surface area contributed by atoms with Crippen molar-refractivity contribution in [2.24, 2.45) is 0 Å². The minimum absolute atomic E-state index is 0.276. The number of rotatable bonds is 6. The third kappa shape index (κ3) is 5.05. The maximum absolute atomic E-state index is 12.8. The van der Waals surface area contributed by atoms with E-state index in [1.807, 2.05) is 36.4 Å². The fourth-order valence-corrected chi connectivity index (χ4v) is 3.55. The zero-order chi connectivity index (χ0) is 24.0. The van der Waals surface area contributed by atoms with E-state index in [-0.39, 0.29) is 5.91 Å². The third-order valence-electron chi connectivity index (χ3n) is 5.25. The number of carbonyl (C=O) groups excluding carboxylic acids is 1. The summed E-state index contributed by atoms with van der Waals surface area (Å²) in [6.07, 6.45) is 6.76. The van der Waals surface area contributed by atoms with Crippen LogP contribution in [0, 0.1) is 11.3 Å². The minimum Gasteiger partial charge on any atom is -0.355 e. The monoisotopic (exact) mass is 457 g/mol. The predicted octanol–water partition coefficient (Wildman–Crippen LogP) is 5.64. The summed E-state index contributed by atoms with van der Waals surface area (Å²) in [6.45, 7) is 0. The summed E-state index contributed by atoms with van der Waals surface area (Å²) in [5, 5.41) is 19.4. The van der Waals surface area contributed by atoms with E-state index in [4.69, 9.17) is 0 Å². The van der Waals surface area contributed by atoms with E-state index in [0.29, 0.717) is 16.9 Å². The van der Waals surface area contributed by atoms with E-state index >= 15 is 0 Å². The molecule has 0 aliphatic carbocycles. The first kappa shape index (κ1) is 21.6. The number of amides is 1. The summed E-state index contributed by atoms with van der Waals surface area (Å²) in [5.74, 6) is 0.167. The smallest absolute Gasteiger partial charge is 0.256 e. The number of fused-ring (bicyclic) bond motifs is 1. The molecule has 8 nitrogen and oxygen atoms in total. The first-order chi connectivity index (χ1) is 17.2. The molecule has 3 N–H and O–H groups in total. The minimum atomic E-state index is -0.276. The quantitative estimate of drug-likeness (QED) is 0.302. The fourth-order valence-electron chi connectivity index (χ4n) is 3.55. The Morgan fingerprint density at radius 3 is 2.49 bits per heavy atom. The van der Waals surface area contributed by atoms with Crippen LogP contribution in [0.3, 0.4) is 0 Å². The van der Waals surface area contributed by atoms with Crippen LogP contribution >= 0.6 is 0 Å². The van der Waals surface area contributed by atoms with Crippen molar-refractivity contribution in [2.45, 2.75) is 0 Å². The molecule has 5 aromatic rings. The number of anilines is 5. The molecule has 0 saturated carbocycles. The Labute approximate surface area is 201 Å². The van der Waals surface area contributed by atoms with Gasteiger partial charge in [-0.1, -0.05) is 6.07 Å². The Morgan fingerprint density at radius 2 is 1.69 bits per heavy atom. The average molecular weight is 457 g/mol. The van der Waals surface area contributed by atoms with Gasteiger partial charge >= 0.3 is 0 Å². The highest BCUT2D eigenvalue weighted by Crippen LogP contribution is 2.26.